The zero-order valence-electron chi connectivity index (χ0n) is 25.2. The molecule has 1 fully saturated rings. The van der Waals surface area contributed by atoms with E-state index in [0.717, 1.165) is 42.5 Å². The van der Waals surface area contributed by atoms with E-state index in [1.807, 2.05) is 54.6 Å². The van der Waals surface area contributed by atoms with Crippen molar-refractivity contribution in [3.8, 4) is 11.1 Å². The minimum Gasteiger partial charge on any atom is -0.355 e. The molecular weight excluding hydrogens is 581 g/mol. The second-order valence-electron chi connectivity index (χ2n) is 11.8. The van der Waals surface area contributed by atoms with Crippen LogP contribution in [0.1, 0.15) is 55.2 Å². The van der Waals surface area contributed by atoms with Crippen molar-refractivity contribution in [3.05, 3.63) is 95.6 Å². The summed E-state index contributed by atoms with van der Waals surface area (Å²) in [6.45, 7) is 0.255. The Hall–Kier alpha value is -4.18. The molecule has 3 aromatic carbocycles. The number of unbranched alkanes of at least 4 members (excludes halogenated alkanes) is 1. The van der Waals surface area contributed by atoms with Gasteiger partial charge in [-0.1, -0.05) is 85.3 Å². The second-order valence-corrected chi connectivity index (χ2v) is 11.8. The third-order valence-electron chi connectivity index (χ3n) is 8.77. The first-order valence-corrected chi connectivity index (χ1v) is 15.6. The molecule has 2 aliphatic rings. The molecule has 0 radical (unpaired) electrons. The summed E-state index contributed by atoms with van der Waals surface area (Å²) in [4.78, 5) is 41.3. The van der Waals surface area contributed by atoms with E-state index in [-0.39, 0.29) is 30.8 Å². The molecular formula is C35H39F3N4O3. The lowest BCUT2D eigenvalue weighted by atomic mass is 9.73. The van der Waals surface area contributed by atoms with E-state index in [1.165, 1.54) is 0 Å². The summed E-state index contributed by atoms with van der Waals surface area (Å²) in [6.07, 6.45) is -0.552. The highest BCUT2D eigenvalue weighted by Gasteiger charge is 2.49. The molecule has 5 rings (SSSR count). The molecule has 1 atom stereocenters. The number of fused-ring (bicyclic) bond motifs is 3. The number of nitrogens with zero attached hydrogens (tertiary/aromatic N) is 1. The van der Waals surface area contributed by atoms with Gasteiger partial charge in [0.05, 0.1) is 12.6 Å². The van der Waals surface area contributed by atoms with Crippen molar-refractivity contribution in [2.75, 3.05) is 26.2 Å². The zero-order valence-corrected chi connectivity index (χ0v) is 25.2. The largest absolute Gasteiger partial charge is 0.405 e. The first-order chi connectivity index (χ1) is 21.7. The van der Waals surface area contributed by atoms with Gasteiger partial charge in [-0.25, -0.2) is 0 Å². The smallest absolute Gasteiger partial charge is 0.355 e. The van der Waals surface area contributed by atoms with E-state index in [2.05, 4.69) is 20.9 Å². The SMILES string of the molecule is O=C(CNC(=O)C1CCCCN1Cc1ccccc1)NCCCCC1(C(=O)NCC(F)(F)F)c2ccccc2-c2ccccc21. The van der Waals surface area contributed by atoms with Gasteiger partial charge in [-0.15, -0.1) is 0 Å². The van der Waals surface area contributed by atoms with Crippen LogP contribution in [-0.2, 0) is 26.3 Å². The van der Waals surface area contributed by atoms with E-state index >= 15 is 0 Å². The molecule has 1 aliphatic heterocycles. The highest BCUT2D eigenvalue weighted by Crippen LogP contribution is 2.51. The van der Waals surface area contributed by atoms with Gasteiger partial charge < -0.3 is 16.0 Å². The van der Waals surface area contributed by atoms with Crippen molar-refractivity contribution in [2.24, 2.45) is 0 Å². The highest BCUT2D eigenvalue weighted by atomic mass is 19.4. The molecule has 0 saturated carbocycles. The summed E-state index contributed by atoms with van der Waals surface area (Å²) < 4.78 is 39.3. The Labute approximate surface area is 261 Å². The first kappa shape index (κ1) is 32.2. The van der Waals surface area contributed by atoms with Crippen LogP contribution >= 0.6 is 0 Å². The normalized spacial score (nSPS) is 17.2. The molecule has 0 aromatic heterocycles. The molecule has 0 bridgehead atoms. The highest BCUT2D eigenvalue weighted by molar-refractivity contribution is 6.00. The van der Waals surface area contributed by atoms with E-state index in [1.54, 1.807) is 24.3 Å². The summed E-state index contributed by atoms with van der Waals surface area (Å²) in [5.74, 6) is -1.16. The minimum atomic E-state index is -4.54. The Balaban J connectivity index is 1.15. The number of alkyl halides is 3. The Bertz CT molecular complexity index is 1450. The van der Waals surface area contributed by atoms with Crippen LogP contribution in [0.5, 0.6) is 0 Å². The molecule has 238 valence electrons. The number of benzene rings is 3. The number of likely N-dealkylation sites (tertiary alicyclic amines) is 1. The lowest BCUT2D eigenvalue weighted by Crippen LogP contribution is -2.50. The third-order valence-corrected chi connectivity index (χ3v) is 8.77. The molecule has 3 amide bonds. The van der Waals surface area contributed by atoms with Gasteiger partial charge in [0.15, 0.2) is 0 Å². The van der Waals surface area contributed by atoms with Crippen molar-refractivity contribution in [1.29, 1.82) is 0 Å². The van der Waals surface area contributed by atoms with Crippen molar-refractivity contribution >= 4 is 17.7 Å². The molecule has 7 nitrogen and oxygen atoms in total. The lowest BCUT2D eigenvalue weighted by molar-refractivity contribution is -0.141. The fourth-order valence-corrected chi connectivity index (χ4v) is 6.67. The van der Waals surface area contributed by atoms with Crippen LogP contribution in [0.4, 0.5) is 13.2 Å². The van der Waals surface area contributed by atoms with Crippen molar-refractivity contribution in [2.45, 2.75) is 62.7 Å². The Morgan fingerprint density at radius 3 is 2.11 bits per heavy atom. The number of hydrogen-bond acceptors (Lipinski definition) is 4. The molecule has 45 heavy (non-hydrogen) atoms. The van der Waals surface area contributed by atoms with Crippen molar-refractivity contribution in [3.63, 3.8) is 0 Å². The minimum absolute atomic E-state index is 0.140. The van der Waals surface area contributed by atoms with Gasteiger partial charge in [-0.3, -0.25) is 19.3 Å². The second kappa shape index (κ2) is 14.3. The Kier molecular flexibility index (Phi) is 10.2. The molecule has 3 aromatic rings. The molecule has 1 heterocycles. The fourth-order valence-electron chi connectivity index (χ4n) is 6.67. The molecule has 10 heteroatoms. The quantitative estimate of drug-likeness (QED) is 0.246. The lowest BCUT2D eigenvalue weighted by Gasteiger charge is -2.34. The Morgan fingerprint density at radius 1 is 0.800 bits per heavy atom. The molecule has 3 N–H and O–H groups in total. The van der Waals surface area contributed by atoms with E-state index < -0.39 is 24.0 Å². The van der Waals surface area contributed by atoms with Gasteiger partial charge in [-0.2, -0.15) is 13.2 Å². The van der Waals surface area contributed by atoms with Crippen molar-refractivity contribution < 1.29 is 27.6 Å². The number of rotatable bonds is 12. The van der Waals surface area contributed by atoms with Crippen LogP contribution in [0.15, 0.2) is 78.9 Å². The number of nitrogens with one attached hydrogen (secondary N) is 3. The number of halogens is 3. The predicted molar refractivity (Wildman–Crippen MR) is 166 cm³/mol. The topological polar surface area (TPSA) is 90.5 Å². The van der Waals surface area contributed by atoms with E-state index in [9.17, 15) is 27.6 Å². The van der Waals surface area contributed by atoms with E-state index in [0.29, 0.717) is 37.1 Å². The summed E-state index contributed by atoms with van der Waals surface area (Å²) >= 11 is 0. The maximum Gasteiger partial charge on any atom is 0.405 e. The molecule has 1 aliphatic carbocycles. The van der Waals surface area contributed by atoms with Gasteiger partial charge in [-0.05, 0) is 66.5 Å². The van der Waals surface area contributed by atoms with Crippen LogP contribution in [-0.4, -0.2) is 61.0 Å². The number of amides is 3. The Morgan fingerprint density at radius 2 is 1.44 bits per heavy atom. The average Bonchev–Trinajstić information content (AvgIpc) is 3.33. The molecule has 1 saturated heterocycles. The summed E-state index contributed by atoms with van der Waals surface area (Å²) in [5, 5.41) is 7.75. The summed E-state index contributed by atoms with van der Waals surface area (Å²) in [5.41, 5.74) is 2.89. The maximum absolute atomic E-state index is 13.6. The standard InChI is InChI=1S/C35H39F3N4O3/c36-35(37,38)24-41-33(45)34(28-16-6-4-14-26(28)27-15-5-7-17-29(27)34)19-9-10-20-39-31(43)22-40-32(44)30-18-8-11-21-42(30)23-25-12-2-1-3-13-25/h1-7,12-17,30H,8-11,18-24H2,(H,39,43)(H,40,44)(H,41,45). The van der Waals surface area contributed by atoms with Crippen LogP contribution in [0, 0.1) is 0 Å². The van der Waals surface area contributed by atoms with Gasteiger partial charge in [0.25, 0.3) is 0 Å². The maximum atomic E-state index is 13.6. The van der Waals surface area contributed by atoms with Crippen LogP contribution in [0.2, 0.25) is 0 Å². The van der Waals surface area contributed by atoms with Crippen molar-refractivity contribution in [1.82, 2.24) is 20.9 Å². The number of piperidine rings is 1. The van der Waals surface area contributed by atoms with Gasteiger partial charge in [0.1, 0.15) is 12.0 Å². The van der Waals surface area contributed by atoms with Crippen LogP contribution < -0.4 is 16.0 Å². The van der Waals surface area contributed by atoms with Gasteiger partial charge in [0, 0.05) is 13.1 Å². The average molecular weight is 621 g/mol. The third kappa shape index (κ3) is 7.56. The zero-order chi connectivity index (χ0) is 31.9. The fraction of sp³-hybridized carbons (Fsp3) is 0.400. The number of carbonyl (C=O) groups is 3. The number of carbonyl (C=O) groups excluding carboxylic acids is 3. The molecule has 0 spiro atoms. The summed E-state index contributed by atoms with van der Waals surface area (Å²) in [6, 6.07) is 24.4. The monoisotopic (exact) mass is 620 g/mol. The van der Waals surface area contributed by atoms with E-state index in [4.69, 9.17) is 0 Å². The van der Waals surface area contributed by atoms with Gasteiger partial charge in [0.2, 0.25) is 17.7 Å². The first-order valence-electron chi connectivity index (χ1n) is 15.6. The van der Waals surface area contributed by atoms with Crippen LogP contribution in [0.3, 0.4) is 0 Å². The predicted octanol–water partition coefficient (Wildman–Crippen LogP) is 5.09. The van der Waals surface area contributed by atoms with Gasteiger partial charge >= 0.3 is 6.18 Å². The van der Waals surface area contributed by atoms with Crippen LogP contribution in [0.25, 0.3) is 11.1 Å². The molecule has 1 unspecified atom stereocenters. The number of hydrogen-bond donors (Lipinski definition) is 3. The summed E-state index contributed by atoms with van der Waals surface area (Å²) in [7, 11) is 0.